The van der Waals surface area contributed by atoms with Gasteiger partial charge in [0, 0.05) is 20.2 Å². The third-order valence-electron chi connectivity index (χ3n) is 2.78. The van der Waals surface area contributed by atoms with E-state index in [1.165, 1.54) is 11.3 Å². The van der Waals surface area contributed by atoms with Gasteiger partial charge in [0.25, 0.3) is 0 Å². The molecule has 88 valence electrons. The summed E-state index contributed by atoms with van der Waals surface area (Å²) in [5.74, 6) is 0.201. The highest BCUT2D eigenvalue weighted by molar-refractivity contribution is 9.11. The largest absolute Gasteiger partial charge is 0.380 e. The lowest BCUT2D eigenvalue weighted by Gasteiger charge is -2.13. The number of thiophene rings is 1. The first kappa shape index (κ1) is 12.2. The summed E-state index contributed by atoms with van der Waals surface area (Å²) in [5.41, 5.74) is 0. The summed E-state index contributed by atoms with van der Waals surface area (Å²) in [7, 11) is 1.73. The Morgan fingerprint density at radius 1 is 1.69 bits per heavy atom. The summed E-state index contributed by atoms with van der Waals surface area (Å²) in [4.78, 5) is 14.9. The first-order valence-corrected chi connectivity index (χ1v) is 6.83. The van der Waals surface area contributed by atoms with Crippen LogP contribution in [-0.2, 0) is 4.74 Å². The van der Waals surface area contributed by atoms with E-state index in [2.05, 4.69) is 20.8 Å². The molecule has 2 heterocycles. The molecule has 0 saturated carbocycles. The lowest BCUT2D eigenvalue weighted by atomic mass is 10.3. The lowest BCUT2D eigenvalue weighted by molar-refractivity contribution is 0.0902. The quantitative estimate of drug-likeness (QED) is 0.800. The zero-order valence-corrected chi connectivity index (χ0v) is 11.5. The van der Waals surface area contributed by atoms with Gasteiger partial charge in [-0.3, -0.25) is 9.69 Å². The van der Waals surface area contributed by atoms with Crippen LogP contribution in [0.1, 0.15) is 16.1 Å². The summed E-state index contributed by atoms with van der Waals surface area (Å²) in [6, 6.07) is 3.79. The average molecular weight is 304 g/mol. The Bertz CT molecular complexity index is 380. The van der Waals surface area contributed by atoms with E-state index in [9.17, 15) is 4.79 Å². The smallest absolute Gasteiger partial charge is 0.186 e. The highest BCUT2D eigenvalue weighted by Crippen LogP contribution is 2.23. The number of rotatable bonds is 4. The Hall–Kier alpha value is -0.230. The molecule has 1 saturated heterocycles. The number of carbonyl (C=O) groups is 1. The minimum atomic E-state index is 0.201. The van der Waals surface area contributed by atoms with Crippen molar-refractivity contribution in [3.63, 3.8) is 0 Å². The Morgan fingerprint density at radius 2 is 2.50 bits per heavy atom. The van der Waals surface area contributed by atoms with E-state index in [1.54, 1.807) is 7.11 Å². The first-order valence-electron chi connectivity index (χ1n) is 5.22. The van der Waals surface area contributed by atoms with Crippen molar-refractivity contribution in [2.75, 3.05) is 26.7 Å². The van der Waals surface area contributed by atoms with Gasteiger partial charge < -0.3 is 4.74 Å². The summed E-state index contributed by atoms with van der Waals surface area (Å²) in [6.45, 7) is 2.33. The Morgan fingerprint density at radius 3 is 3.06 bits per heavy atom. The monoisotopic (exact) mass is 303 g/mol. The number of Topliss-reactive ketones (excluding diaryl/α,β-unsaturated/α-hetero) is 1. The maximum Gasteiger partial charge on any atom is 0.186 e. The Labute approximate surface area is 108 Å². The van der Waals surface area contributed by atoms with Gasteiger partial charge in [-0.1, -0.05) is 0 Å². The number of hydrogen-bond acceptors (Lipinski definition) is 4. The fourth-order valence-corrected chi connectivity index (χ4v) is 3.19. The summed E-state index contributed by atoms with van der Waals surface area (Å²) in [6.07, 6.45) is 1.32. The fraction of sp³-hybridized carbons (Fsp3) is 0.545. The molecular weight excluding hydrogens is 290 g/mol. The van der Waals surface area contributed by atoms with Crippen LogP contribution >= 0.6 is 27.3 Å². The molecule has 0 spiro atoms. The predicted octanol–water partition coefficient (Wildman–Crippen LogP) is 2.41. The zero-order valence-electron chi connectivity index (χ0n) is 9.11. The van der Waals surface area contributed by atoms with Crippen LogP contribution < -0.4 is 0 Å². The van der Waals surface area contributed by atoms with Crippen LogP contribution in [0, 0.1) is 0 Å². The number of carbonyl (C=O) groups excluding carboxylic acids is 1. The standard InChI is InChI=1S/C11H14BrNO2S/c1-15-8-4-5-13(6-8)7-9(14)10-2-3-11(12)16-10/h2-3,8H,4-7H2,1H3. The lowest BCUT2D eigenvalue weighted by Crippen LogP contribution is -2.28. The van der Waals surface area contributed by atoms with Crippen LogP contribution in [0.4, 0.5) is 0 Å². The van der Waals surface area contributed by atoms with Crippen LogP contribution in [0.15, 0.2) is 15.9 Å². The molecule has 1 atom stereocenters. The van der Waals surface area contributed by atoms with Crippen molar-refractivity contribution < 1.29 is 9.53 Å². The maximum atomic E-state index is 11.9. The Kier molecular flexibility index (Phi) is 4.13. The molecule has 16 heavy (non-hydrogen) atoms. The molecule has 3 nitrogen and oxygen atoms in total. The van der Waals surface area contributed by atoms with Gasteiger partial charge in [0.15, 0.2) is 5.78 Å². The molecule has 0 aromatic carbocycles. The minimum absolute atomic E-state index is 0.201. The van der Waals surface area contributed by atoms with Crippen molar-refractivity contribution in [1.29, 1.82) is 0 Å². The molecule has 1 fully saturated rings. The van der Waals surface area contributed by atoms with Crippen LogP contribution in [0.25, 0.3) is 0 Å². The van der Waals surface area contributed by atoms with Crippen molar-refractivity contribution in [2.45, 2.75) is 12.5 Å². The fourth-order valence-electron chi connectivity index (χ4n) is 1.88. The number of nitrogens with zero attached hydrogens (tertiary/aromatic N) is 1. The third-order valence-corrected chi connectivity index (χ3v) is 4.44. The van der Waals surface area contributed by atoms with Crippen LogP contribution in [0.3, 0.4) is 0 Å². The SMILES string of the molecule is COC1CCN(CC(=O)c2ccc(Br)s2)C1. The van der Waals surface area contributed by atoms with Crippen molar-refractivity contribution in [2.24, 2.45) is 0 Å². The molecule has 2 rings (SSSR count). The molecule has 1 aromatic heterocycles. The van der Waals surface area contributed by atoms with Gasteiger partial charge >= 0.3 is 0 Å². The second kappa shape index (κ2) is 5.40. The van der Waals surface area contributed by atoms with Gasteiger partial charge in [-0.15, -0.1) is 11.3 Å². The highest BCUT2D eigenvalue weighted by Gasteiger charge is 2.24. The molecule has 0 bridgehead atoms. The molecule has 0 amide bonds. The maximum absolute atomic E-state index is 11.9. The van der Waals surface area contributed by atoms with Crippen LogP contribution in [0.2, 0.25) is 0 Å². The summed E-state index contributed by atoms with van der Waals surface area (Å²) < 4.78 is 6.28. The van der Waals surface area contributed by atoms with Crippen molar-refractivity contribution in [3.05, 3.63) is 20.8 Å². The number of hydrogen-bond donors (Lipinski definition) is 0. The van der Waals surface area contributed by atoms with Gasteiger partial charge in [0.1, 0.15) is 0 Å². The van der Waals surface area contributed by atoms with E-state index in [4.69, 9.17) is 4.74 Å². The Balaban J connectivity index is 1.89. The molecule has 0 radical (unpaired) electrons. The molecular formula is C11H14BrNO2S. The molecule has 1 unspecified atom stereocenters. The summed E-state index contributed by atoms with van der Waals surface area (Å²) >= 11 is 4.86. The van der Waals surface area contributed by atoms with Crippen molar-refractivity contribution >= 4 is 33.0 Å². The predicted molar refractivity (Wildman–Crippen MR) is 68.2 cm³/mol. The zero-order chi connectivity index (χ0) is 11.5. The van der Waals surface area contributed by atoms with Gasteiger partial charge in [-0.2, -0.15) is 0 Å². The van der Waals surface area contributed by atoms with Crippen molar-refractivity contribution in [3.8, 4) is 0 Å². The van der Waals surface area contributed by atoms with E-state index >= 15 is 0 Å². The van der Waals surface area contributed by atoms with Gasteiger partial charge in [0.05, 0.1) is 21.3 Å². The highest BCUT2D eigenvalue weighted by atomic mass is 79.9. The van der Waals surface area contributed by atoms with E-state index in [0.717, 1.165) is 28.2 Å². The van der Waals surface area contributed by atoms with Gasteiger partial charge in [-0.25, -0.2) is 0 Å². The average Bonchev–Trinajstić information content (AvgIpc) is 2.87. The van der Waals surface area contributed by atoms with E-state index in [0.29, 0.717) is 12.6 Å². The van der Waals surface area contributed by atoms with Crippen LogP contribution in [-0.4, -0.2) is 43.5 Å². The topological polar surface area (TPSA) is 29.5 Å². The normalized spacial score (nSPS) is 21.5. The number of ether oxygens (including phenoxy) is 1. The van der Waals surface area contributed by atoms with Crippen molar-refractivity contribution in [1.82, 2.24) is 4.90 Å². The number of halogens is 1. The molecule has 1 aromatic rings. The third kappa shape index (κ3) is 2.91. The summed E-state index contributed by atoms with van der Waals surface area (Å²) in [5, 5.41) is 0. The molecule has 0 N–H and O–H groups in total. The minimum Gasteiger partial charge on any atom is -0.380 e. The molecule has 1 aliphatic heterocycles. The number of likely N-dealkylation sites (tertiary alicyclic amines) is 1. The van der Waals surface area contributed by atoms with E-state index in [-0.39, 0.29) is 5.78 Å². The van der Waals surface area contributed by atoms with E-state index < -0.39 is 0 Å². The van der Waals surface area contributed by atoms with E-state index in [1.807, 2.05) is 12.1 Å². The van der Waals surface area contributed by atoms with Gasteiger partial charge in [0.2, 0.25) is 0 Å². The molecule has 1 aliphatic rings. The molecule has 0 aliphatic carbocycles. The second-order valence-electron chi connectivity index (χ2n) is 3.91. The molecule has 5 heteroatoms. The van der Waals surface area contributed by atoms with Gasteiger partial charge in [-0.05, 0) is 34.5 Å². The number of methoxy groups -OCH3 is 1. The first-order chi connectivity index (χ1) is 7.69. The number of ketones is 1. The second-order valence-corrected chi connectivity index (χ2v) is 6.37. The van der Waals surface area contributed by atoms with Crippen LogP contribution in [0.5, 0.6) is 0 Å².